The van der Waals surface area contributed by atoms with E-state index >= 15 is 0 Å². The summed E-state index contributed by atoms with van der Waals surface area (Å²) in [5.41, 5.74) is -0.504. The summed E-state index contributed by atoms with van der Waals surface area (Å²) in [7, 11) is 1.66. The van der Waals surface area contributed by atoms with Crippen molar-refractivity contribution in [2.45, 2.75) is 63.8 Å². The zero-order valence-electron chi connectivity index (χ0n) is 18.5. The number of anilines is 1. The van der Waals surface area contributed by atoms with Gasteiger partial charge in [0.25, 0.3) is 5.91 Å². The molecule has 172 valence electrons. The molecule has 1 amide bonds. The number of alkyl halides is 1. The van der Waals surface area contributed by atoms with Crippen molar-refractivity contribution in [3.05, 3.63) is 17.8 Å². The summed E-state index contributed by atoms with van der Waals surface area (Å²) in [6, 6.07) is 2.59. The van der Waals surface area contributed by atoms with E-state index in [-0.39, 0.29) is 30.9 Å². The largest absolute Gasteiger partial charge is 0.473 e. The molecule has 1 N–H and O–H groups in total. The maximum absolute atomic E-state index is 14.1. The second-order valence-electron chi connectivity index (χ2n) is 8.14. The Bertz CT molecular complexity index is 780. The highest BCUT2D eigenvalue weighted by molar-refractivity contribution is 5.95. The van der Waals surface area contributed by atoms with E-state index in [4.69, 9.17) is 14.2 Å². The Morgan fingerprint density at radius 1 is 1.32 bits per heavy atom. The molecule has 1 aliphatic heterocycles. The van der Waals surface area contributed by atoms with E-state index in [1.165, 1.54) is 0 Å². The van der Waals surface area contributed by atoms with Gasteiger partial charge < -0.3 is 24.4 Å². The van der Waals surface area contributed by atoms with Crippen LogP contribution in [0.3, 0.4) is 0 Å². The first-order valence-corrected chi connectivity index (χ1v) is 11.0. The number of hydrogen-bond acceptors (Lipinski definition) is 7. The van der Waals surface area contributed by atoms with Crippen LogP contribution in [0.15, 0.2) is 12.1 Å². The van der Waals surface area contributed by atoms with Crippen LogP contribution in [0.25, 0.3) is 0 Å². The Morgan fingerprint density at radius 3 is 2.68 bits per heavy atom. The molecule has 0 spiro atoms. The number of hydrogen-bond donors (Lipinski definition) is 1. The average Bonchev–Trinajstić information content (AvgIpc) is 3.46. The number of carbonyl (C=O) groups is 2. The second kappa shape index (κ2) is 10.3. The van der Waals surface area contributed by atoms with Gasteiger partial charge in [0.1, 0.15) is 29.7 Å². The Kier molecular flexibility index (Phi) is 7.69. The third kappa shape index (κ3) is 6.06. The van der Waals surface area contributed by atoms with E-state index in [1.54, 1.807) is 26.2 Å². The van der Waals surface area contributed by atoms with Crippen molar-refractivity contribution in [2.24, 2.45) is 0 Å². The van der Waals surface area contributed by atoms with Gasteiger partial charge in [-0.2, -0.15) is 0 Å². The van der Waals surface area contributed by atoms with Crippen molar-refractivity contribution in [2.75, 3.05) is 38.3 Å². The molecule has 31 heavy (non-hydrogen) atoms. The molecule has 1 aromatic heterocycles. The van der Waals surface area contributed by atoms with Crippen LogP contribution in [0.4, 0.5) is 10.1 Å². The number of nitrogens with zero attached hydrogens (tertiary/aromatic N) is 2. The number of aromatic nitrogens is 1. The van der Waals surface area contributed by atoms with Crippen LogP contribution in [0, 0.1) is 0 Å². The van der Waals surface area contributed by atoms with Crippen molar-refractivity contribution >= 4 is 17.6 Å². The van der Waals surface area contributed by atoms with Gasteiger partial charge in [-0.25, -0.2) is 14.2 Å². The number of methoxy groups -OCH3 is 1. The van der Waals surface area contributed by atoms with Crippen LogP contribution in [0.5, 0.6) is 5.88 Å². The smallest absolute Gasteiger partial charge is 0.328 e. The normalized spacial score (nSPS) is 18.1. The highest BCUT2D eigenvalue weighted by atomic mass is 19.1. The topological polar surface area (TPSA) is 90.0 Å². The van der Waals surface area contributed by atoms with E-state index in [9.17, 15) is 14.0 Å². The monoisotopic (exact) mass is 437 g/mol. The van der Waals surface area contributed by atoms with Crippen LogP contribution in [-0.2, 0) is 14.3 Å². The predicted octanol–water partition coefficient (Wildman–Crippen LogP) is 2.65. The number of carbonyl (C=O) groups excluding carboxylic acids is 2. The molecule has 0 bridgehead atoms. The van der Waals surface area contributed by atoms with Crippen LogP contribution < -0.4 is 15.0 Å². The lowest BCUT2D eigenvalue weighted by Gasteiger charge is -2.40. The lowest BCUT2D eigenvalue weighted by atomic mass is 10.1. The molecule has 3 rings (SSSR count). The van der Waals surface area contributed by atoms with E-state index < -0.39 is 23.6 Å². The van der Waals surface area contributed by atoms with Gasteiger partial charge in [-0.3, -0.25) is 4.79 Å². The molecule has 1 atom stereocenters. The van der Waals surface area contributed by atoms with Crippen LogP contribution in [0.1, 0.15) is 56.4 Å². The van der Waals surface area contributed by atoms with Crippen LogP contribution in [0.2, 0.25) is 0 Å². The summed E-state index contributed by atoms with van der Waals surface area (Å²) in [5, 5.41) is 2.72. The number of rotatable bonds is 12. The lowest BCUT2D eigenvalue weighted by Crippen LogP contribution is -2.52. The highest BCUT2D eigenvalue weighted by Gasteiger charge is 2.44. The summed E-state index contributed by atoms with van der Waals surface area (Å²) in [6.07, 6.45) is 3.21. The summed E-state index contributed by atoms with van der Waals surface area (Å²) < 4.78 is 30.2. The second-order valence-corrected chi connectivity index (χ2v) is 8.14. The number of amides is 1. The third-order valence-corrected chi connectivity index (χ3v) is 5.58. The van der Waals surface area contributed by atoms with Crippen molar-refractivity contribution in [3.8, 4) is 5.88 Å². The molecule has 0 radical (unpaired) electrons. The minimum absolute atomic E-state index is 0.0957. The molecule has 0 aromatic carbocycles. The minimum Gasteiger partial charge on any atom is -0.473 e. The highest BCUT2D eigenvalue weighted by Crippen LogP contribution is 2.41. The number of pyridine rings is 1. The van der Waals surface area contributed by atoms with Crippen LogP contribution in [-0.4, -0.2) is 68.1 Å². The van der Waals surface area contributed by atoms with Gasteiger partial charge in [-0.1, -0.05) is 19.8 Å². The SMILES string of the molecule is CCCCC(NC(=O)c1ccc(N2CC(OC)C2)c(OCC2(F)CC2)n1)C(=O)OCC. The van der Waals surface area contributed by atoms with Gasteiger partial charge in [0.05, 0.1) is 12.7 Å². The van der Waals surface area contributed by atoms with E-state index in [0.717, 1.165) is 12.8 Å². The first kappa shape index (κ1) is 23.2. The fourth-order valence-electron chi connectivity index (χ4n) is 3.30. The molecule has 9 heteroatoms. The predicted molar refractivity (Wildman–Crippen MR) is 113 cm³/mol. The van der Waals surface area contributed by atoms with Gasteiger partial charge in [0, 0.05) is 20.2 Å². The molecular weight excluding hydrogens is 405 g/mol. The zero-order valence-corrected chi connectivity index (χ0v) is 18.5. The summed E-state index contributed by atoms with van der Waals surface area (Å²) in [6.45, 7) is 5.22. The van der Waals surface area contributed by atoms with E-state index in [2.05, 4.69) is 10.3 Å². The molecule has 1 saturated carbocycles. The third-order valence-electron chi connectivity index (χ3n) is 5.58. The van der Waals surface area contributed by atoms with Crippen molar-refractivity contribution in [3.63, 3.8) is 0 Å². The first-order chi connectivity index (χ1) is 14.9. The van der Waals surface area contributed by atoms with Gasteiger partial charge in [0.2, 0.25) is 5.88 Å². The Hall–Kier alpha value is -2.42. The Morgan fingerprint density at radius 2 is 2.06 bits per heavy atom. The van der Waals surface area contributed by atoms with Gasteiger partial charge >= 0.3 is 5.97 Å². The number of unbranched alkanes of at least 4 members (excludes halogenated alkanes) is 1. The first-order valence-electron chi connectivity index (χ1n) is 11.0. The van der Waals surface area contributed by atoms with Gasteiger partial charge in [-0.05, 0) is 38.3 Å². The minimum atomic E-state index is -1.31. The average molecular weight is 438 g/mol. The Labute approximate surface area is 182 Å². The molecule has 2 aliphatic rings. The zero-order chi connectivity index (χ0) is 22.4. The number of nitrogens with one attached hydrogen (secondary N) is 1. The molecule has 1 aromatic rings. The van der Waals surface area contributed by atoms with Crippen molar-refractivity contribution < 1.29 is 28.2 Å². The fraction of sp³-hybridized carbons (Fsp3) is 0.682. The lowest BCUT2D eigenvalue weighted by molar-refractivity contribution is -0.145. The molecule has 2 fully saturated rings. The maximum atomic E-state index is 14.1. The molecule has 1 saturated heterocycles. The molecule has 1 aliphatic carbocycles. The standard InChI is InChI=1S/C22H32FN3O5/c1-4-6-7-17(21(28)30-5-2)24-19(27)16-8-9-18(26-12-15(13-26)29-3)20(25-16)31-14-22(23)10-11-22/h8-9,15,17H,4-7,10-14H2,1-3H3,(H,24,27). The van der Waals surface area contributed by atoms with Gasteiger partial charge in [0.15, 0.2) is 0 Å². The molecule has 1 unspecified atom stereocenters. The van der Waals surface area contributed by atoms with Crippen molar-refractivity contribution in [1.82, 2.24) is 10.3 Å². The van der Waals surface area contributed by atoms with E-state index in [1.807, 2.05) is 11.8 Å². The number of ether oxygens (including phenoxy) is 3. The summed E-state index contributed by atoms with van der Waals surface area (Å²) in [4.78, 5) is 31.4. The molecule has 8 nitrogen and oxygen atoms in total. The van der Waals surface area contributed by atoms with E-state index in [0.29, 0.717) is 38.0 Å². The van der Waals surface area contributed by atoms with Gasteiger partial charge in [-0.15, -0.1) is 0 Å². The Balaban J connectivity index is 1.74. The quantitative estimate of drug-likeness (QED) is 0.503. The number of esters is 1. The summed E-state index contributed by atoms with van der Waals surface area (Å²) in [5.74, 6) is -0.741. The van der Waals surface area contributed by atoms with Crippen LogP contribution >= 0.6 is 0 Å². The number of halogens is 1. The van der Waals surface area contributed by atoms with Crippen molar-refractivity contribution in [1.29, 1.82) is 0 Å². The fourth-order valence-corrected chi connectivity index (χ4v) is 3.30. The summed E-state index contributed by atoms with van der Waals surface area (Å²) >= 11 is 0. The molecular formula is C22H32FN3O5. The molecule has 2 heterocycles. The maximum Gasteiger partial charge on any atom is 0.328 e.